The van der Waals surface area contributed by atoms with Gasteiger partial charge in [0.05, 0.1) is 11.4 Å². The van der Waals surface area contributed by atoms with Crippen molar-refractivity contribution in [1.29, 1.82) is 0 Å². The minimum absolute atomic E-state index is 0.0197. The molecule has 0 radical (unpaired) electrons. The van der Waals surface area contributed by atoms with Crippen LogP contribution in [0, 0.1) is 5.92 Å². The molecule has 2 atom stereocenters. The van der Waals surface area contributed by atoms with Crippen LogP contribution in [-0.4, -0.2) is 33.1 Å². The Hall–Kier alpha value is -2.44. The van der Waals surface area contributed by atoms with Gasteiger partial charge in [-0.15, -0.1) is 11.3 Å². The number of phenols is 1. The van der Waals surface area contributed by atoms with E-state index in [2.05, 4.69) is 29.8 Å². The summed E-state index contributed by atoms with van der Waals surface area (Å²) in [5.41, 5.74) is 3.72. The van der Waals surface area contributed by atoms with E-state index in [0.29, 0.717) is 11.7 Å². The summed E-state index contributed by atoms with van der Waals surface area (Å²) in [5.74, 6) is 1.74. The third kappa shape index (κ3) is 3.48. The highest BCUT2D eigenvalue weighted by Gasteiger charge is 2.26. The Bertz CT molecular complexity index is 1180. The first-order valence-corrected chi connectivity index (χ1v) is 11.6. The second kappa shape index (κ2) is 7.67. The van der Waals surface area contributed by atoms with Gasteiger partial charge in [-0.1, -0.05) is 25.1 Å². The minimum atomic E-state index is 0.0197. The average Bonchev–Trinajstić information content (AvgIpc) is 3.11. The van der Waals surface area contributed by atoms with Crippen LogP contribution >= 0.6 is 11.3 Å². The largest absolute Gasteiger partial charge is 0.508 e. The van der Waals surface area contributed by atoms with Gasteiger partial charge in [-0.05, 0) is 67.4 Å². The number of aryl methyl sites for hydroxylation is 1. The summed E-state index contributed by atoms with van der Waals surface area (Å²) in [5, 5.41) is 10.3. The maximum absolute atomic E-state index is 12.9. The van der Waals surface area contributed by atoms with E-state index < -0.39 is 0 Å². The van der Waals surface area contributed by atoms with Gasteiger partial charge in [0.1, 0.15) is 16.4 Å². The van der Waals surface area contributed by atoms with E-state index in [0.717, 1.165) is 60.4 Å². The Balaban J connectivity index is 1.39. The Morgan fingerprint density at radius 3 is 2.80 bits per heavy atom. The monoisotopic (exact) mass is 421 g/mol. The lowest BCUT2D eigenvalue weighted by atomic mass is 9.89. The van der Waals surface area contributed by atoms with Crippen LogP contribution in [0.25, 0.3) is 15.8 Å². The second-order valence-electron chi connectivity index (χ2n) is 8.68. The van der Waals surface area contributed by atoms with Gasteiger partial charge in [-0.2, -0.15) is 0 Å². The van der Waals surface area contributed by atoms with E-state index in [1.54, 1.807) is 23.5 Å². The van der Waals surface area contributed by atoms with Crippen molar-refractivity contribution in [2.75, 3.05) is 13.1 Å². The number of aromatic nitrogens is 2. The molecule has 5 nitrogen and oxygen atoms in total. The van der Waals surface area contributed by atoms with Crippen LogP contribution in [0.1, 0.15) is 54.6 Å². The van der Waals surface area contributed by atoms with E-state index in [1.165, 1.54) is 16.0 Å². The van der Waals surface area contributed by atoms with Crippen LogP contribution in [-0.2, 0) is 12.8 Å². The van der Waals surface area contributed by atoms with Gasteiger partial charge in [-0.3, -0.25) is 9.69 Å². The molecule has 5 rings (SSSR count). The number of thiophene rings is 1. The third-order valence-corrected chi connectivity index (χ3v) is 7.75. The normalized spacial score (nSPS) is 20.7. The molecule has 2 aliphatic rings. The van der Waals surface area contributed by atoms with Crippen molar-refractivity contribution in [3.8, 4) is 5.75 Å². The molecular formula is C24H27N3O2S. The summed E-state index contributed by atoms with van der Waals surface area (Å²) in [6, 6.07) is 7.45. The molecule has 3 heterocycles. The molecule has 156 valence electrons. The van der Waals surface area contributed by atoms with Crippen LogP contribution < -0.4 is 5.56 Å². The van der Waals surface area contributed by atoms with E-state index in [-0.39, 0.29) is 11.6 Å². The first-order valence-electron chi connectivity index (χ1n) is 10.8. The summed E-state index contributed by atoms with van der Waals surface area (Å²) in [6.07, 6.45) is 6.39. The predicted octanol–water partition coefficient (Wildman–Crippen LogP) is 4.67. The summed E-state index contributed by atoms with van der Waals surface area (Å²) in [4.78, 5) is 25.5. The van der Waals surface area contributed by atoms with Crippen molar-refractivity contribution in [2.24, 2.45) is 5.92 Å². The third-order valence-electron chi connectivity index (χ3n) is 6.61. The maximum atomic E-state index is 12.9. The highest BCUT2D eigenvalue weighted by molar-refractivity contribution is 7.18. The van der Waals surface area contributed by atoms with E-state index in [9.17, 15) is 9.90 Å². The molecule has 2 unspecified atom stereocenters. The number of hydrogen-bond acceptors (Lipinski definition) is 5. The number of rotatable bonds is 3. The first-order chi connectivity index (χ1) is 14.5. The van der Waals surface area contributed by atoms with E-state index in [4.69, 9.17) is 4.98 Å². The van der Waals surface area contributed by atoms with Gasteiger partial charge >= 0.3 is 0 Å². The van der Waals surface area contributed by atoms with E-state index >= 15 is 0 Å². The molecule has 2 aromatic heterocycles. The lowest BCUT2D eigenvalue weighted by Gasteiger charge is -2.31. The molecule has 6 heteroatoms. The molecule has 0 spiro atoms. The Labute approximate surface area is 180 Å². The number of aromatic amines is 1. The number of benzene rings is 1. The fourth-order valence-corrected chi connectivity index (χ4v) is 6.10. The molecule has 1 aliphatic carbocycles. The fraction of sp³-hybridized carbons (Fsp3) is 0.417. The first kappa shape index (κ1) is 19.5. The summed E-state index contributed by atoms with van der Waals surface area (Å²) < 4.78 is 0. The average molecular weight is 422 g/mol. The molecule has 1 aromatic carbocycles. The van der Waals surface area contributed by atoms with Gasteiger partial charge in [0, 0.05) is 18.0 Å². The lowest BCUT2D eigenvalue weighted by molar-refractivity contribution is 0.225. The Morgan fingerprint density at radius 2 is 2.07 bits per heavy atom. The van der Waals surface area contributed by atoms with Crippen LogP contribution in [0.4, 0.5) is 0 Å². The number of hydrogen-bond donors (Lipinski definition) is 2. The van der Waals surface area contributed by atoms with Crippen molar-refractivity contribution < 1.29 is 5.11 Å². The number of fused-ring (bicyclic) bond motifs is 3. The smallest absolute Gasteiger partial charge is 0.259 e. The number of nitrogens with zero attached hydrogens (tertiary/aromatic N) is 2. The lowest BCUT2D eigenvalue weighted by Crippen LogP contribution is -2.33. The van der Waals surface area contributed by atoms with Crippen LogP contribution in [0.15, 0.2) is 35.1 Å². The molecule has 0 saturated carbocycles. The molecular weight excluding hydrogens is 394 g/mol. The van der Waals surface area contributed by atoms with Crippen molar-refractivity contribution in [3.05, 3.63) is 62.5 Å². The van der Waals surface area contributed by atoms with Gasteiger partial charge in [-0.25, -0.2) is 4.98 Å². The zero-order chi connectivity index (χ0) is 20.8. The zero-order valence-electron chi connectivity index (χ0n) is 17.4. The second-order valence-corrected chi connectivity index (χ2v) is 9.76. The standard InChI is InChI=1S/C24H27N3O2S/c1-14-3-8-19-20(13-14)30-24-21(19)23(29)25-22(26-24)15(2)27-11-9-17(10-12-27)16-4-6-18(28)7-5-16/h4-7,9,14-15,28H,3,8,10-13H2,1-2H3,(H,25,26,29). The topological polar surface area (TPSA) is 69.2 Å². The molecule has 1 aliphatic heterocycles. The molecule has 0 fully saturated rings. The van der Waals surface area contributed by atoms with E-state index in [1.807, 2.05) is 12.1 Å². The number of aromatic hydroxyl groups is 1. The molecule has 2 N–H and O–H groups in total. The van der Waals surface area contributed by atoms with Gasteiger partial charge < -0.3 is 10.1 Å². The van der Waals surface area contributed by atoms with Crippen molar-refractivity contribution >= 4 is 27.1 Å². The Kier molecular flexibility index (Phi) is 4.99. The van der Waals surface area contributed by atoms with Crippen molar-refractivity contribution in [2.45, 2.75) is 45.6 Å². The number of phenolic OH excluding ortho intramolecular Hbond substituents is 1. The number of H-pyrrole nitrogens is 1. The summed E-state index contributed by atoms with van der Waals surface area (Å²) in [6.45, 7) is 6.14. The van der Waals surface area contributed by atoms with Gasteiger partial charge in [0.25, 0.3) is 5.56 Å². The highest BCUT2D eigenvalue weighted by Crippen LogP contribution is 2.36. The van der Waals surface area contributed by atoms with Crippen molar-refractivity contribution in [1.82, 2.24) is 14.9 Å². The molecule has 30 heavy (non-hydrogen) atoms. The quantitative estimate of drug-likeness (QED) is 0.645. The highest BCUT2D eigenvalue weighted by atomic mass is 32.1. The minimum Gasteiger partial charge on any atom is -0.508 e. The Morgan fingerprint density at radius 1 is 1.27 bits per heavy atom. The maximum Gasteiger partial charge on any atom is 0.259 e. The molecule has 0 bridgehead atoms. The predicted molar refractivity (Wildman–Crippen MR) is 122 cm³/mol. The molecule has 3 aromatic rings. The summed E-state index contributed by atoms with van der Waals surface area (Å²) in [7, 11) is 0. The van der Waals surface area contributed by atoms with Crippen LogP contribution in [0.5, 0.6) is 5.75 Å². The van der Waals surface area contributed by atoms with Crippen molar-refractivity contribution in [3.63, 3.8) is 0 Å². The SMILES string of the molecule is CC1CCc2c(sc3nc(C(C)N4CC=C(c5ccc(O)cc5)CC4)[nH]c(=O)c23)C1. The van der Waals surface area contributed by atoms with Gasteiger partial charge in [0.2, 0.25) is 0 Å². The molecule has 0 amide bonds. The van der Waals surface area contributed by atoms with Crippen LogP contribution in [0.2, 0.25) is 0 Å². The van der Waals surface area contributed by atoms with Crippen LogP contribution in [0.3, 0.4) is 0 Å². The molecule has 0 saturated heterocycles. The zero-order valence-corrected chi connectivity index (χ0v) is 18.3. The summed E-state index contributed by atoms with van der Waals surface area (Å²) >= 11 is 1.71. The number of nitrogens with one attached hydrogen (secondary N) is 1. The fourth-order valence-electron chi connectivity index (χ4n) is 4.71. The van der Waals surface area contributed by atoms with Gasteiger partial charge in [0.15, 0.2) is 0 Å².